The van der Waals surface area contributed by atoms with Crippen molar-refractivity contribution in [1.82, 2.24) is 4.98 Å². The quantitative estimate of drug-likeness (QED) is 0.175. The van der Waals surface area contributed by atoms with E-state index < -0.39 is 0 Å². The fourth-order valence-corrected chi connectivity index (χ4v) is 5.36. The molecule has 1 aromatic heterocycles. The fraction of sp³-hybridized carbons (Fsp3) is 0.148. The zero-order valence-corrected chi connectivity index (χ0v) is 22.1. The van der Waals surface area contributed by atoms with Gasteiger partial charge in [0.15, 0.2) is 10.2 Å². The summed E-state index contributed by atoms with van der Waals surface area (Å²) in [4.78, 5) is 19.5. The first-order chi connectivity index (χ1) is 16.9. The molecule has 0 saturated heterocycles. The lowest BCUT2D eigenvalue weighted by molar-refractivity contribution is -0.115. The van der Waals surface area contributed by atoms with Crippen molar-refractivity contribution < 1.29 is 4.79 Å². The van der Waals surface area contributed by atoms with Crippen LogP contribution >= 0.6 is 35.3 Å². The number of hydrogen-bond donors (Lipinski definition) is 3. The van der Waals surface area contributed by atoms with Gasteiger partial charge in [0, 0.05) is 26.7 Å². The van der Waals surface area contributed by atoms with Gasteiger partial charge in [-0.1, -0.05) is 54.1 Å². The number of anilines is 3. The number of nitrogens with one attached hydrogen (secondary N) is 3. The molecular formula is C27H26N4OS3. The summed E-state index contributed by atoms with van der Waals surface area (Å²) in [6.07, 6.45) is 0. The summed E-state index contributed by atoms with van der Waals surface area (Å²) in [5, 5.41) is 10.2. The minimum Gasteiger partial charge on any atom is -0.332 e. The third-order valence-electron chi connectivity index (χ3n) is 5.16. The molecule has 35 heavy (non-hydrogen) atoms. The number of amides is 1. The van der Waals surface area contributed by atoms with Crippen LogP contribution in [0.4, 0.5) is 16.5 Å². The van der Waals surface area contributed by atoms with Crippen LogP contribution in [0.15, 0.2) is 83.8 Å². The molecule has 0 bridgehead atoms. The number of aromatic nitrogens is 1. The summed E-state index contributed by atoms with van der Waals surface area (Å²) in [7, 11) is 0. The Hall–Kier alpha value is -3.20. The molecule has 5 nitrogen and oxygen atoms in total. The summed E-state index contributed by atoms with van der Waals surface area (Å²) in [6, 6.07) is 25.9. The van der Waals surface area contributed by atoms with E-state index in [0.717, 1.165) is 32.4 Å². The molecule has 1 unspecified atom stereocenters. The third-order valence-corrected chi connectivity index (χ3v) is 7.34. The van der Waals surface area contributed by atoms with Crippen molar-refractivity contribution in [3.8, 4) is 11.3 Å². The van der Waals surface area contributed by atoms with E-state index in [4.69, 9.17) is 12.2 Å². The maximum atomic E-state index is 12.9. The largest absolute Gasteiger partial charge is 0.332 e. The number of thioether (sulfide) groups is 1. The number of thiazole rings is 1. The van der Waals surface area contributed by atoms with E-state index in [1.165, 1.54) is 28.7 Å². The van der Waals surface area contributed by atoms with Gasteiger partial charge < -0.3 is 16.0 Å². The Labute approximate surface area is 219 Å². The van der Waals surface area contributed by atoms with Gasteiger partial charge in [0.1, 0.15) is 0 Å². The van der Waals surface area contributed by atoms with Gasteiger partial charge in [-0.3, -0.25) is 4.79 Å². The Bertz CT molecular complexity index is 1320. The van der Waals surface area contributed by atoms with E-state index >= 15 is 0 Å². The van der Waals surface area contributed by atoms with E-state index in [0.29, 0.717) is 10.2 Å². The van der Waals surface area contributed by atoms with Crippen LogP contribution in [-0.2, 0) is 4.79 Å². The van der Waals surface area contributed by atoms with Crippen molar-refractivity contribution in [3.05, 3.63) is 89.3 Å². The second-order valence-electron chi connectivity index (χ2n) is 8.01. The molecule has 0 radical (unpaired) electrons. The zero-order valence-electron chi connectivity index (χ0n) is 19.7. The molecule has 0 fully saturated rings. The molecule has 0 saturated carbocycles. The molecule has 1 amide bonds. The molecule has 0 aliphatic carbocycles. The van der Waals surface area contributed by atoms with Crippen LogP contribution in [0.2, 0.25) is 0 Å². The number of carbonyl (C=O) groups is 1. The number of rotatable bonds is 7. The smallest absolute Gasteiger partial charge is 0.239 e. The van der Waals surface area contributed by atoms with Crippen LogP contribution in [0.25, 0.3) is 11.3 Å². The fourth-order valence-electron chi connectivity index (χ4n) is 3.36. The number of carbonyl (C=O) groups excluding carboxylic acids is 1. The maximum Gasteiger partial charge on any atom is 0.239 e. The maximum absolute atomic E-state index is 12.9. The predicted octanol–water partition coefficient (Wildman–Crippen LogP) is 7.36. The summed E-state index contributed by atoms with van der Waals surface area (Å²) in [5.41, 5.74) is 4.93. The van der Waals surface area contributed by atoms with Gasteiger partial charge in [-0.15, -0.1) is 23.1 Å². The Morgan fingerprint density at radius 1 is 0.914 bits per heavy atom. The van der Waals surface area contributed by atoms with Crippen molar-refractivity contribution in [3.63, 3.8) is 0 Å². The first-order valence-electron chi connectivity index (χ1n) is 11.1. The van der Waals surface area contributed by atoms with Crippen LogP contribution in [-0.4, -0.2) is 21.3 Å². The first kappa shape index (κ1) is 24.9. The number of benzene rings is 3. The van der Waals surface area contributed by atoms with Crippen molar-refractivity contribution in [2.75, 3.05) is 16.0 Å². The van der Waals surface area contributed by atoms with Crippen molar-refractivity contribution in [1.29, 1.82) is 0 Å². The lowest BCUT2D eigenvalue weighted by Crippen LogP contribution is -2.22. The normalized spacial score (nSPS) is 11.5. The first-order valence-corrected chi connectivity index (χ1v) is 13.2. The minimum absolute atomic E-state index is 0.0849. The minimum atomic E-state index is -0.299. The standard InChI is InChI=1S/C27H26N4OS3/c1-17-12-14-21(15-13-17)28-26(33)29-22-10-7-11-23(16-22)34-19(3)25(32)31-27-30-24(18(2)35-27)20-8-5-4-6-9-20/h4-16,19H,1-3H3,(H2,28,29,33)(H,30,31,32). The molecule has 8 heteroatoms. The number of hydrogen-bond acceptors (Lipinski definition) is 5. The van der Waals surface area contributed by atoms with Gasteiger partial charge >= 0.3 is 0 Å². The van der Waals surface area contributed by atoms with Crippen LogP contribution < -0.4 is 16.0 Å². The van der Waals surface area contributed by atoms with Crippen LogP contribution in [0, 0.1) is 13.8 Å². The van der Waals surface area contributed by atoms with E-state index in [1.807, 2.05) is 99.6 Å². The highest BCUT2D eigenvalue weighted by atomic mass is 32.2. The van der Waals surface area contributed by atoms with Gasteiger partial charge in [-0.2, -0.15) is 0 Å². The molecule has 4 aromatic rings. The molecule has 1 atom stereocenters. The summed E-state index contributed by atoms with van der Waals surface area (Å²) < 4.78 is 0. The lowest BCUT2D eigenvalue weighted by atomic mass is 10.1. The van der Waals surface area contributed by atoms with E-state index in [-0.39, 0.29) is 11.2 Å². The SMILES string of the molecule is Cc1ccc(NC(=S)Nc2cccc(SC(C)C(=O)Nc3nc(-c4ccccc4)c(C)s3)c2)cc1. The highest BCUT2D eigenvalue weighted by Gasteiger charge is 2.18. The predicted molar refractivity (Wildman–Crippen MR) is 154 cm³/mol. The third kappa shape index (κ3) is 6.91. The van der Waals surface area contributed by atoms with Crippen LogP contribution in [0.3, 0.4) is 0 Å². The van der Waals surface area contributed by atoms with Gasteiger partial charge in [0.2, 0.25) is 5.91 Å². The summed E-state index contributed by atoms with van der Waals surface area (Å²) in [5.74, 6) is -0.0849. The van der Waals surface area contributed by atoms with E-state index in [1.54, 1.807) is 0 Å². The van der Waals surface area contributed by atoms with Gasteiger partial charge in [0.25, 0.3) is 0 Å². The van der Waals surface area contributed by atoms with Crippen LogP contribution in [0.1, 0.15) is 17.4 Å². The second-order valence-corrected chi connectivity index (χ2v) is 11.0. The molecule has 0 aliphatic heterocycles. The molecule has 0 spiro atoms. The van der Waals surface area contributed by atoms with E-state index in [9.17, 15) is 4.79 Å². The highest BCUT2D eigenvalue weighted by molar-refractivity contribution is 8.00. The average molecular weight is 519 g/mol. The van der Waals surface area contributed by atoms with E-state index in [2.05, 4.69) is 20.9 Å². The molecule has 4 rings (SSSR count). The molecule has 3 N–H and O–H groups in total. The number of thiocarbonyl (C=S) groups is 1. The van der Waals surface area contributed by atoms with Crippen molar-refractivity contribution in [2.45, 2.75) is 30.9 Å². The Kier molecular flexibility index (Phi) is 8.17. The molecule has 178 valence electrons. The average Bonchev–Trinajstić information content (AvgIpc) is 3.21. The molecule has 3 aromatic carbocycles. The van der Waals surface area contributed by atoms with Gasteiger partial charge in [0.05, 0.1) is 10.9 Å². The second kappa shape index (κ2) is 11.5. The lowest BCUT2D eigenvalue weighted by Gasteiger charge is -2.13. The Morgan fingerprint density at radius 3 is 2.37 bits per heavy atom. The molecular weight excluding hydrogens is 493 g/mol. The summed E-state index contributed by atoms with van der Waals surface area (Å²) >= 11 is 8.42. The summed E-state index contributed by atoms with van der Waals surface area (Å²) in [6.45, 7) is 5.96. The zero-order chi connectivity index (χ0) is 24.8. The topological polar surface area (TPSA) is 66.0 Å². The van der Waals surface area contributed by atoms with Gasteiger partial charge in [-0.25, -0.2) is 4.98 Å². The van der Waals surface area contributed by atoms with Crippen LogP contribution in [0.5, 0.6) is 0 Å². The highest BCUT2D eigenvalue weighted by Crippen LogP contribution is 2.31. The molecule has 1 heterocycles. The molecule has 0 aliphatic rings. The van der Waals surface area contributed by atoms with Crippen molar-refractivity contribution in [2.24, 2.45) is 0 Å². The van der Waals surface area contributed by atoms with Crippen molar-refractivity contribution >= 4 is 62.8 Å². The number of aryl methyl sites for hydroxylation is 2. The number of nitrogens with zero attached hydrogens (tertiary/aromatic N) is 1. The Morgan fingerprint density at radius 2 is 1.63 bits per heavy atom. The monoisotopic (exact) mass is 518 g/mol. The van der Waals surface area contributed by atoms with Gasteiger partial charge in [-0.05, 0) is 63.3 Å². The Balaban J connectivity index is 1.34.